The van der Waals surface area contributed by atoms with Crippen LogP contribution in [0.15, 0.2) is 22.7 Å². The Bertz CT molecular complexity index is 626. The Kier molecular flexibility index (Phi) is 4.73. The Morgan fingerprint density at radius 3 is 2.75 bits per heavy atom. The summed E-state index contributed by atoms with van der Waals surface area (Å²) in [6, 6.07) is 5.22. The maximum Gasteiger partial charge on any atom is 0.131 e. The largest absolute Gasteiger partial charge is 0.487 e. The van der Waals surface area contributed by atoms with Crippen molar-refractivity contribution in [3.63, 3.8) is 0 Å². The minimum Gasteiger partial charge on any atom is -0.487 e. The fourth-order valence-corrected chi connectivity index (χ4v) is 2.59. The highest BCUT2D eigenvalue weighted by Crippen LogP contribution is 2.30. The van der Waals surface area contributed by atoms with Gasteiger partial charge in [0.25, 0.3) is 0 Å². The summed E-state index contributed by atoms with van der Waals surface area (Å²) < 4.78 is 8.52. The van der Waals surface area contributed by atoms with Crippen LogP contribution in [-0.4, -0.2) is 14.9 Å². The van der Waals surface area contributed by atoms with E-state index in [1.54, 1.807) is 29.8 Å². The van der Waals surface area contributed by atoms with Gasteiger partial charge in [-0.15, -0.1) is 0 Å². The van der Waals surface area contributed by atoms with Crippen LogP contribution in [0, 0.1) is 6.92 Å². The molecule has 1 N–H and O–H groups in total. The molecule has 20 heavy (non-hydrogen) atoms. The van der Waals surface area contributed by atoms with Crippen LogP contribution in [0.4, 0.5) is 0 Å². The van der Waals surface area contributed by atoms with Crippen molar-refractivity contribution in [1.29, 1.82) is 0 Å². The van der Waals surface area contributed by atoms with Gasteiger partial charge < -0.3 is 9.84 Å². The highest BCUT2D eigenvalue weighted by molar-refractivity contribution is 9.10. The lowest BCUT2D eigenvalue weighted by Crippen LogP contribution is -2.05. The summed E-state index contributed by atoms with van der Waals surface area (Å²) in [7, 11) is 1.87. The van der Waals surface area contributed by atoms with E-state index in [9.17, 15) is 5.11 Å². The number of rotatable bonds is 4. The summed E-state index contributed by atoms with van der Waals surface area (Å²) in [4.78, 5) is 0. The van der Waals surface area contributed by atoms with Gasteiger partial charge in [0.05, 0.1) is 22.0 Å². The Hall–Kier alpha value is -1.04. The average molecular weight is 360 g/mol. The van der Waals surface area contributed by atoms with Crippen molar-refractivity contribution in [3.05, 3.63) is 44.6 Å². The number of hydrogen-bond donors (Lipinski definition) is 1. The van der Waals surface area contributed by atoms with E-state index in [1.807, 2.05) is 14.0 Å². The molecule has 0 unspecified atom stereocenters. The molecule has 4 nitrogen and oxygen atoms in total. The molecule has 108 valence electrons. The number of aliphatic hydroxyl groups excluding tert-OH is 1. The number of aliphatic hydroxyl groups is 1. The minimum atomic E-state index is -0.639. The monoisotopic (exact) mass is 358 g/mol. The number of aryl methyl sites for hydroxylation is 2. The fraction of sp³-hybridized carbons (Fsp3) is 0.357. The third-order valence-electron chi connectivity index (χ3n) is 3.05. The Morgan fingerprint density at radius 1 is 1.50 bits per heavy atom. The second-order valence-corrected chi connectivity index (χ2v) is 5.85. The zero-order chi connectivity index (χ0) is 14.9. The van der Waals surface area contributed by atoms with Crippen LogP contribution in [0.5, 0.6) is 5.75 Å². The standard InChI is InChI=1S/C14H16BrClN2O2/c1-8-14(15)12(18(3)17-8)7-20-13-5-4-10(16)6-11(13)9(2)19/h4-6,9,19H,7H2,1-3H3/t9-/m1/s1. The van der Waals surface area contributed by atoms with E-state index in [-0.39, 0.29) is 0 Å². The first-order valence-corrected chi connectivity index (χ1v) is 7.35. The molecule has 0 aliphatic heterocycles. The van der Waals surface area contributed by atoms with E-state index in [1.165, 1.54) is 0 Å². The predicted molar refractivity (Wildman–Crippen MR) is 82.1 cm³/mol. The molecule has 0 saturated heterocycles. The lowest BCUT2D eigenvalue weighted by atomic mass is 10.1. The van der Waals surface area contributed by atoms with Crippen LogP contribution < -0.4 is 4.74 Å². The van der Waals surface area contributed by atoms with Crippen LogP contribution in [0.25, 0.3) is 0 Å². The van der Waals surface area contributed by atoms with Crippen molar-refractivity contribution in [2.75, 3.05) is 0 Å². The Morgan fingerprint density at radius 2 is 2.20 bits per heavy atom. The van der Waals surface area contributed by atoms with Gasteiger partial charge in [-0.1, -0.05) is 11.6 Å². The van der Waals surface area contributed by atoms with Gasteiger partial charge in [0.15, 0.2) is 0 Å². The topological polar surface area (TPSA) is 47.3 Å². The molecule has 0 bridgehead atoms. The normalized spacial score (nSPS) is 12.5. The van der Waals surface area contributed by atoms with Crippen LogP contribution in [0.3, 0.4) is 0 Å². The van der Waals surface area contributed by atoms with Gasteiger partial charge in [0.2, 0.25) is 0 Å². The third-order valence-corrected chi connectivity index (χ3v) is 4.31. The number of nitrogens with zero attached hydrogens (tertiary/aromatic N) is 2. The quantitative estimate of drug-likeness (QED) is 0.904. The number of ether oxygens (including phenoxy) is 1. The maximum absolute atomic E-state index is 9.77. The number of benzene rings is 1. The second-order valence-electron chi connectivity index (χ2n) is 4.62. The lowest BCUT2D eigenvalue weighted by Gasteiger charge is -2.14. The van der Waals surface area contributed by atoms with Gasteiger partial charge in [-0.25, -0.2) is 0 Å². The van der Waals surface area contributed by atoms with Gasteiger partial charge in [-0.2, -0.15) is 5.10 Å². The van der Waals surface area contributed by atoms with E-state index in [4.69, 9.17) is 16.3 Å². The molecule has 0 aliphatic rings. The molecule has 0 radical (unpaired) electrons. The molecule has 1 atom stereocenters. The first-order valence-electron chi connectivity index (χ1n) is 6.18. The molecule has 1 heterocycles. The SMILES string of the molecule is Cc1nn(C)c(COc2ccc(Cl)cc2[C@@H](C)O)c1Br. The highest BCUT2D eigenvalue weighted by Gasteiger charge is 2.14. The first-order chi connectivity index (χ1) is 9.40. The van der Waals surface area contributed by atoms with E-state index >= 15 is 0 Å². The van der Waals surface area contributed by atoms with Crippen molar-refractivity contribution in [3.8, 4) is 5.75 Å². The summed E-state index contributed by atoms with van der Waals surface area (Å²) in [5, 5.41) is 14.7. The molecule has 1 aromatic heterocycles. The molecule has 2 aromatic rings. The Labute approximate surface area is 131 Å². The van der Waals surface area contributed by atoms with Crippen molar-refractivity contribution in [2.45, 2.75) is 26.6 Å². The van der Waals surface area contributed by atoms with Crippen LogP contribution >= 0.6 is 27.5 Å². The summed E-state index contributed by atoms with van der Waals surface area (Å²) in [5.74, 6) is 0.621. The third kappa shape index (κ3) is 3.16. The van der Waals surface area contributed by atoms with Crippen molar-refractivity contribution in [2.24, 2.45) is 7.05 Å². The van der Waals surface area contributed by atoms with Gasteiger partial charge in [-0.05, 0) is 48.0 Å². The lowest BCUT2D eigenvalue weighted by molar-refractivity contribution is 0.189. The summed E-state index contributed by atoms with van der Waals surface area (Å²) in [6.07, 6.45) is -0.639. The average Bonchev–Trinajstić information content (AvgIpc) is 2.62. The predicted octanol–water partition coefficient (Wildman–Crippen LogP) is 3.78. The van der Waals surface area contributed by atoms with E-state index in [2.05, 4.69) is 21.0 Å². The van der Waals surface area contributed by atoms with Crippen molar-refractivity contribution in [1.82, 2.24) is 9.78 Å². The Balaban J connectivity index is 2.23. The molecule has 0 fully saturated rings. The van der Waals surface area contributed by atoms with Crippen molar-refractivity contribution >= 4 is 27.5 Å². The molecule has 2 rings (SSSR count). The zero-order valence-electron chi connectivity index (χ0n) is 11.5. The number of halogens is 2. The number of hydrogen-bond acceptors (Lipinski definition) is 3. The molecule has 1 aromatic carbocycles. The number of aromatic nitrogens is 2. The molecular formula is C14H16BrClN2O2. The van der Waals surface area contributed by atoms with Crippen LogP contribution in [0.1, 0.15) is 30.0 Å². The van der Waals surface area contributed by atoms with E-state index < -0.39 is 6.10 Å². The smallest absolute Gasteiger partial charge is 0.131 e. The molecule has 0 amide bonds. The first kappa shape index (κ1) is 15.4. The fourth-order valence-electron chi connectivity index (χ4n) is 1.96. The molecule has 0 saturated carbocycles. The van der Waals surface area contributed by atoms with E-state index in [0.717, 1.165) is 15.9 Å². The highest BCUT2D eigenvalue weighted by atomic mass is 79.9. The van der Waals surface area contributed by atoms with Gasteiger partial charge in [-0.3, -0.25) is 4.68 Å². The summed E-state index contributed by atoms with van der Waals surface area (Å²) in [5.41, 5.74) is 2.53. The van der Waals surface area contributed by atoms with E-state index in [0.29, 0.717) is 22.9 Å². The second kappa shape index (κ2) is 6.16. The molecule has 6 heteroatoms. The minimum absolute atomic E-state index is 0.360. The molecular weight excluding hydrogens is 344 g/mol. The maximum atomic E-state index is 9.77. The van der Waals surface area contributed by atoms with Crippen molar-refractivity contribution < 1.29 is 9.84 Å². The molecule has 0 spiro atoms. The molecule has 0 aliphatic carbocycles. The van der Waals surface area contributed by atoms with Gasteiger partial charge in [0.1, 0.15) is 12.4 Å². The van der Waals surface area contributed by atoms with Crippen LogP contribution in [0.2, 0.25) is 5.02 Å². The van der Waals surface area contributed by atoms with Gasteiger partial charge >= 0.3 is 0 Å². The summed E-state index contributed by atoms with van der Waals surface area (Å²) >= 11 is 9.44. The van der Waals surface area contributed by atoms with Gasteiger partial charge in [0, 0.05) is 17.6 Å². The van der Waals surface area contributed by atoms with Crippen LogP contribution in [-0.2, 0) is 13.7 Å². The summed E-state index contributed by atoms with van der Waals surface area (Å²) in [6.45, 7) is 3.97. The zero-order valence-corrected chi connectivity index (χ0v) is 13.9.